The fourth-order valence-corrected chi connectivity index (χ4v) is 14.5. The molecule has 6 aliphatic heterocycles. The lowest BCUT2D eigenvalue weighted by atomic mass is 9.82. The van der Waals surface area contributed by atoms with Crippen molar-refractivity contribution >= 4 is 65.0 Å². The molecule has 12 rings (SSSR count). The molecular formula is C78H89N9O14. The molecule has 6 aromatic rings. The third kappa shape index (κ3) is 18.7. The normalized spacial score (nSPS) is 20.9. The second kappa shape index (κ2) is 37.7. The van der Waals surface area contributed by atoms with Crippen LogP contribution in [0.2, 0.25) is 0 Å². The van der Waals surface area contributed by atoms with Crippen LogP contribution in [-0.4, -0.2) is 203 Å². The molecule has 6 fully saturated rings. The molecule has 0 bridgehead atoms. The van der Waals surface area contributed by atoms with Crippen LogP contribution in [0.15, 0.2) is 182 Å². The fourth-order valence-electron chi connectivity index (χ4n) is 14.5. The van der Waals surface area contributed by atoms with E-state index in [-0.39, 0.29) is 54.1 Å². The number of likely N-dealkylation sites (tertiary alicyclic amines) is 2. The van der Waals surface area contributed by atoms with Gasteiger partial charge in [-0.05, 0) is 78.8 Å². The van der Waals surface area contributed by atoms with Crippen molar-refractivity contribution in [1.82, 2.24) is 24.5 Å². The molecule has 0 spiro atoms. The first-order chi connectivity index (χ1) is 49.0. The molecule has 6 heterocycles. The first-order valence-corrected chi connectivity index (χ1v) is 33.9. The Bertz CT molecular complexity index is 3760. The van der Waals surface area contributed by atoms with Crippen molar-refractivity contribution in [3.63, 3.8) is 0 Å². The maximum absolute atomic E-state index is 13.8. The number of carbonyl (C=O) groups excluding carboxylic acids is 9. The molecule has 23 heteroatoms. The van der Waals surface area contributed by atoms with Crippen LogP contribution >= 0.6 is 0 Å². The van der Waals surface area contributed by atoms with Crippen molar-refractivity contribution in [2.45, 2.75) is 132 Å². The SMILES string of the molecule is COC(=O)C(Cc1ccccc1)N(C(=O)C(=[N+]=[N-])C(C)=O)C(c1ccccc1)c1ccccc1.COC(=O)C1C(c2ccccc2)C(C(C)=O)C(=O)N1C(c1ccccc1)c1ccccc1.COC1CC(=O)N2CCCC12.COC1CC(=O)N2CCCC12.COCC1CCCN1C(=O)C=[N+]=[N-]. The summed E-state index contributed by atoms with van der Waals surface area (Å²) in [6, 6.07) is 53.5. The summed E-state index contributed by atoms with van der Waals surface area (Å²) in [6.45, 7) is 5.71. The Hall–Kier alpha value is -10.4. The number of rotatable bonds is 20. The zero-order valence-corrected chi connectivity index (χ0v) is 58.2. The minimum Gasteiger partial charge on any atom is -0.467 e. The summed E-state index contributed by atoms with van der Waals surface area (Å²) in [5.74, 6) is -4.71. The van der Waals surface area contributed by atoms with E-state index in [1.54, 1.807) is 31.1 Å². The van der Waals surface area contributed by atoms with Crippen LogP contribution in [-0.2, 0) is 73.3 Å². The second-order valence-corrected chi connectivity index (χ2v) is 25.2. The maximum Gasteiger partial charge on any atom is 0.421 e. The van der Waals surface area contributed by atoms with E-state index in [1.165, 1.54) is 26.0 Å². The van der Waals surface area contributed by atoms with Crippen LogP contribution in [0.3, 0.4) is 0 Å². The zero-order chi connectivity index (χ0) is 72.5. The summed E-state index contributed by atoms with van der Waals surface area (Å²) in [6.07, 6.45) is 9.09. The molecule has 5 amide bonds. The van der Waals surface area contributed by atoms with E-state index in [0.29, 0.717) is 42.7 Å². The molecule has 6 saturated heterocycles. The summed E-state index contributed by atoms with van der Waals surface area (Å²) in [7, 11) is 7.56. The number of hydrogen-bond acceptors (Lipinski definition) is 14. The van der Waals surface area contributed by atoms with E-state index in [1.807, 2.05) is 192 Å². The average molecular weight is 1380 g/mol. The molecule has 6 aromatic carbocycles. The molecular weight excluding hydrogens is 1290 g/mol. The quantitative estimate of drug-likeness (QED) is 0.0228. The van der Waals surface area contributed by atoms with Crippen molar-refractivity contribution < 1.29 is 76.4 Å². The Morgan fingerprint density at radius 1 is 0.584 bits per heavy atom. The lowest BCUT2D eigenvalue weighted by Gasteiger charge is -2.36. The summed E-state index contributed by atoms with van der Waals surface area (Å²) in [5.41, 5.74) is 21.7. The standard InChI is InChI=1S/C27H25N3O4.C27H25NO4.C8H13N3O2.2C8H13NO2/c1-19(31)24(29-28)26(32)30(23(27(33)34-2)18-20-12-6-3-7-13-20)25(21-14-8-4-9-15-21)22-16-10-5-11-17-22;1-18(29)22-23(19-12-6-3-7-13-19)25(27(31)32-2)28(26(22)30)24(20-14-8-4-9-15-20)21-16-10-5-11-17-21;1-13-6-7-3-2-4-11(7)8(12)5-10-9;2*1-11-7-5-8(10)9-4-2-3-6(7)9/h3-17,23,25H,18H2,1-2H3;3-17,22-25H,1-2H3;5,7H,2-4,6H2,1H3;2*6-7H,2-5H2,1H3. The van der Waals surface area contributed by atoms with E-state index in [0.717, 1.165) is 93.6 Å². The predicted octanol–water partition coefficient (Wildman–Crippen LogP) is 8.51. The van der Waals surface area contributed by atoms with E-state index >= 15 is 0 Å². The molecule has 530 valence electrons. The third-order valence-electron chi connectivity index (χ3n) is 19.2. The van der Waals surface area contributed by atoms with Crippen LogP contribution in [0.25, 0.3) is 11.1 Å². The first-order valence-electron chi connectivity index (χ1n) is 33.9. The predicted molar refractivity (Wildman–Crippen MR) is 374 cm³/mol. The van der Waals surface area contributed by atoms with Gasteiger partial charge in [0.1, 0.15) is 23.8 Å². The minimum atomic E-state index is -1.11. The number of ether oxygens (including phenoxy) is 5. The minimum absolute atomic E-state index is 0.131. The highest BCUT2D eigenvalue weighted by Gasteiger charge is 2.57. The van der Waals surface area contributed by atoms with Gasteiger partial charge in [-0.1, -0.05) is 182 Å². The monoisotopic (exact) mass is 1380 g/mol. The van der Waals surface area contributed by atoms with Crippen molar-refractivity contribution in [2.75, 3.05) is 61.8 Å². The second-order valence-electron chi connectivity index (χ2n) is 25.2. The topological polar surface area (TPSA) is 289 Å². The van der Waals surface area contributed by atoms with Crippen LogP contribution in [0.4, 0.5) is 0 Å². The summed E-state index contributed by atoms with van der Waals surface area (Å²) < 4.78 is 25.7. The van der Waals surface area contributed by atoms with Crippen LogP contribution < -0.4 is 0 Å². The lowest BCUT2D eigenvalue weighted by molar-refractivity contribution is -0.153. The molecule has 9 unspecified atom stereocenters. The molecule has 0 radical (unpaired) electrons. The van der Waals surface area contributed by atoms with Crippen LogP contribution in [0.5, 0.6) is 0 Å². The molecule has 23 nitrogen and oxygen atoms in total. The number of Topliss-reactive ketones (excluding diaryl/α,β-unsaturated/α-hetero) is 2. The number of amides is 5. The molecule has 9 atom stereocenters. The zero-order valence-electron chi connectivity index (χ0n) is 58.2. The van der Waals surface area contributed by atoms with E-state index < -0.39 is 65.3 Å². The molecule has 6 aliphatic rings. The molecule has 101 heavy (non-hydrogen) atoms. The third-order valence-corrected chi connectivity index (χ3v) is 19.2. The number of esters is 2. The maximum atomic E-state index is 13.8. The van der Waals surface area contributed by atoms with E-state index in [4.69, 9.17) is 29.2 Å². The van der Waals surface area contributed by atoms with Crippen molar-refractivity contribution in [3.8, 4) is 0 Å². The number of nitrogens with zero attached hydrogens (tertiary/aromatic N) is 9. The van der Waals surface area contributed by atoms with Gasteiger partial charge in [-0.15, -0.1) is 0 Å². The molecule has 0 aliphatic carbocycles. The van der Waals surface area contributed by atoms with E-state index in [9.17, 15) is 48.7 Å². The average Bonchev–Trinajstić information content (AvgIpc) is 1.59. The Morgan fingerprint density at radius 3 is 1.46 bits per heavy atom. The highest BCUT2D eigenvalue weighted by atomic mass is 16.5. The smallest absolute Gasteiger partial charge is 0.421 e. The van der Waals surface area contributed by atoms with Gasteiger partial charge in [-0.25, -0.2) is 9.59 Å². The molecule has 0 N–H and O–H groups in total. The largest absolute Gasteiger partial charge is 0.467 e. The van der Waals surface area contributed by atoms with Crippen LogP contribution in [0.1, 0.15) is 117 Å². The number of fused-ring (bicyclic) bond motifs is 2. The number of benzene rings is 6. The van der Waals surface area contributed by atoms with Gasteiger partial charge in [-0.3, -0.25) is 33.6 Å². The van der Waals surface area contributed by atoms with Gasteiger partial charge in [-0.2, -0.15) is 9.58 Å². The van der Waals surface area contributed by atoms with Gasteiger partial charge in [0.25, 0.3) is 0 Å². The highest BCUT2D eigenvalue weighted by molar-refractivity contribution is 6.63. The molecule has 0 aromatic heterocycles. The van der Waals surface area contributed by atoms with Gasteiger partial charge in [0.15, 0.2) is 0 Å². The van der Waals surface area contributed by atoms with Gasteiger partial charge in [0.05, 0.1) is 76.1 Å². The molecule has 0 saturated carbocycles. The summed E-state index contributed by atoms with van der Waals surface area (Å²) >= 11 is 0. The fraction of sp³-hybridized carbons (Fsp3) is 0.397. The Morgan fingerprint density at radius 2 is 1.04 bits per heavy atom. The van der Waals surface area contributed by atoms with E-state index in [2.05, 4.69) is 9.58 Å². The first kappa shape index (κ1) is 76.3. The highest BCUT2D eigenvalue weighted by Crippen LogP contribution is 2.46. The van der Waals surface area contributed by atoms with Crippen LogP contribution in [0, 0.1) is 5.92 Å². The Balaban J connectivity index is 0.000000175. The van der Waals surface area contributed by atoms with Gasteiger partial charge in [0, 0.05) is 60.2 Å². The summed E-state index contributed by atoms with van der Waals surface area (Å²) in [5, 5.41) is 0. The number of methoxy groups -OCH3 is 5. The van der Waals surface area contributed by atoms with Crippen molar-refractivity contribution in [3.05, 3.63) is 226 Å². The number of hydrogen-bond donors (Lipinski definition) is 0. The van der Waals surface area contributed by atoms with Gasteiger partial charge in [0.2, 0.25) is 23.5 Å². The van der Waals surface area contributed by atoms with Crippen molar-refractivity contribution in [1.29, 1.82) is 0 Å². The van der Waals surface area contributed by atoms with Crippen molar-refractivity contribution in [2.24, 2.45) is 5.92 Å². The Labute approximate surface area is 589 Å². The van der Waals surface area contributed by atoms with Gasteiger partial charge < -0.3 is 59.2 Å². The Kier molecular flexibility index (Phi) is 28.5. The number of ketones is 2. The number of carbonyl (C=O) groups is 9. The van der Waals surface area contributed by atoms with Gasteiger partial charge >= 0.3 is 35.7 Å². The lowest BCUT2D eigenvalue weighted by Crippen LogP contribution is -2.52. The summed E-state index contributed by atoms with van der Waals surface area (Å²) in [4.78, 5) is 127.